The lowest BCUT2D eigenvalue weighted by atomic mass is 10.0. The van der Waals surface area contributed by atoms with Crippen LogP contribution < -0.4 is 16.3 Å². The number of aryl methyl sites for hydroxylation is 1. The Bertz CT molecular complexity index is 1360. The molecular formula is C26H32N6O2S. The van der Waals surface area contributed by atoms with Gasteiger partial charge in [-0.15, -0.1) is 11.3 Å². The summed E-state index contributed by atoms with van der Waals surface area (Å²) in [5.41, 5.74) is 3.26. The predicted molar refractivity (Wildman–Crippen MR) is 142 cm³/mol. The summed E-state index contributed by atoms with van der Waals surface area (Å²) in [7, 11) is 1.73. The van der Waals surface area contributed by atoms with Crippen LogP contribution in [-0.4, -0.2) is 50.6 Å². The van der Waals surface area contributed by atoms with Crippen LogP contribution >= 0.6 is 11.3 Å². The van der Waals surface area contributed by atoms with Gasteiger partial charge in [0.1, 0.15) is 5.69 Å². The lowest BCUT2D eigenvalue weighted by Crippen LogP contribution is -2.53. The van der Waals surface area contributed by atoms with Crippen LogP contribution in [0.3, 0.4) is 0 Å². The lowest BCUT2D eigenvalue weighted by molar-refractivity contribution is 0.0959. The second-order valence-corrected chi connectivity index (χ2v) is 9.71. The molecule has 0 radical (unpaired) electrons. The lowest BCUT2D eigenvalue weighted by Gasteiger charge is -2.39. The van der Waals surface area contributed by atoms with Gasteiger partial charge in [-0.25, -0.2) is 14.3 Å². The van der Waals surface area contributed by atoms with Crippen molar-refractivity contribution in [2.45, 2.75) is 26.8 Å². The Morgan fingerprint density at radius 3 is 2.74 bits per heavy atom. The fourth-order valence-corrected chi connectivity index (χ4v) is 5.15. The van der Waals surface area contributed by atoms with Crippen molar-refractivity contribution in [1.82, 2.24) is 29.7 Å². The van der Waals surface area contributed by atoms with Crippen molar-refractivity contribution < 1.29 is 4.79 Å². The number of carbonyl (C=O) groups is 1. The second kappa shape index (κ2) is 10.5. The average Bonchev–Trinajstić information content (AvgIpc) is 3.44. The highest BCUT2D eigenvalue weighted by molar-refractivity contribution is 7.12. The third kappa shape index (κ3) is 4.87. The van der Waals surface area contributed by atoms with E-state index in [2.05, 4.69) is 40.9 Å². The van der Waals surface area contributed by atoms with Crippen molar-refractivity contribution in [2.75, 3.05) is 19.6 Å². The number of hydrogen-bond donors (Lipinski definition) is 2. The Hall–Kier alpha value is -3.43. The molecule has 0 unspecified atom stereocenters. The highest BCUT2D eigenvalue weighted by Gasteiger charge is 2.25. The Kier molecular flexibility index (Phi) is 7.37. The number of aromatic nitrogens is 3. The normalized spacial score (nSPS) is 17.3. The van der Waals surface area contributed by atoms with Gasteiger partial charge >= 0.3 is 5.69 Å². The molecule has 184 valence electrons. The Morgan fingerprint density at radius 1 is 1.31 bits per heavy atom. The van der Waals surface area contributed by atoms with Gasteiger partial charge in [-0.3, -0.25) is 9.36 Å². The van der Waals surface area contributed by atoms with Crippen LogP contribution in [0.4, 0.5) is 0 Å². The van der Waals surface area contributed by atoms with Gasteiger partial charge in [0.15, 0.2) is 5.13 Å². The summed E-state index contributed by atoms with van der Waals surface area (Å²) in [4.78, 5) is 32.8. The molecule has 1 aliphatic rings. The summed E-state index contributed by atoms with van der Waals surface area (Å²) in [5, 5.41) is 8.74. The molecule has 0 aliphatic carbocycles. The molecule has 0 saturated carbocycles. The fraction of sp³-hybridized carbons (Fsp3) is 0.346. The molecule has 0 bridgehead atoms. The number of piperazine rings is 1. The summed E-state index contributed by atoms with van der Waals surface area (Å²) >= 11 is 1.27. The molecule has 3 aromatic rings. The number of imidazole rings is 1. The monoisotopic (exact) mass is 492 g/mol. The number of amides is 1. The highest BCUT2D eigenvalue weighted by Crippen LogP contribution is 2.22. The number of benzene rings is 1. The maximum absolute atomic E-state index is 13.2. The standard InChI is InChI=1S/C26H32N6O2S/c1-6-10-21(31-14-13-27-19(15-31)17(3)4)18(7-2)28-24(33)20-16-35-25(29-20)32-23-12-9-8-11-22(23)30(5)26(32)34/h6-12,16-17,19,27H,1,13-15H2,2-5H3,(H,28,33)/b18-7+,21-10+/t19-/m1/s1. The highest BCUT2D eigenvalue weighted by atomic mass is 32.1. The molecule has 4 rings (SSSR count). The molecule has 3 heterocycles. The Morgan fingerprint density at radius 2 is 2.06 bits per heavy atom. The molecule has 1 aromatic carbocycles. The van der Waals surface area contributed by atoms with E-state index >= 15 is 0 Å². The van der Waals surface area contributed by atoms with Crippen LogP contribution in [0.25, 0.3) is 16.2 Å². The van der Waals surface area contributed by atoms with E-state index in [0.29, 0.717) is 22.8 Å². The first-order valence-electron chi connectivity index (χ1n) is 11.8. The minimum absolute atomic E-state index is 0.198. The van der Waals surface area contributed by atoms with Gasteiger partial charge in [-0.05, 0) is 31.1 Å². The molecule has 8 nitrogen and oxygen atoms in total. The van der Waals surface area contributed by atoms with Crippen LogP contribution in [0.5, 0.6) is 0 Å². The van der Waals surface area contributed by atoms with Gasteiger partial charge in [-0.1, -0.05) is 44.7 Å². The summed E-state index contributed by atoms with van der Waals surface area (Å²) in [5.74, 6) is 0.178. The predicted octanol–water partition coefficient (Wildman–Crippen LogP) is 3.42. The van der Waals surface area contributed by atoms with Gasteiger partial charge in [0.2, 0.25) is 0 Å². The first-order valence-corrected chi connectivity index (χ1v) is 12.6. The Labute approximate surface area is 209 Å². The number of para-hydroxylation sites is 2. The summed E-state index contributed by atoms with van der Waals surface area (Å²) in [6.45, 7) is 12.7. The van der Waals surface area contributed by atoms with E-state index in [1.54, 1.807) is 27.6 Å². The van der Waals surface area contributed by atoms with Crippen molar-refractivity contribution in [3.05, 3.63) is 82.0 Å². The van der Waals surface area contributed by atoms with Gasteiger partial charge < -0.3 is 15.5 Å². The number of allylic oxidation sites excluding steroid dienone is 3. The molecule has 1 saturated heterocycles. The van der Waals surface area contributed by atoms with Gasteiger partial charge in [0.25, 0.3) is 5.91 Å². The van der Waals surface area contributed by atoms with Crippen molar-refractivity contribution in [3.63, 3.8) is 0 Å². The topological polar surface area (TPSA) is 84.2 Å². The van der Waals surface area contributed by atoms with E-state index in [0.717, 1.165) is 36.4 Å². The molecule has 1 aliphatic heterocycles. The summed E-state index contributed by atoms with van der Waals surface area (Å²) in [6.07, 6.45) is 5.56. The smallest absolute Gasteiger partial charge is 0.335 e. The molecule has 0 spiro atoms. The van der Waals surface area contributed by atoms with E-state index < -0.39 is 0 Å². The van der Waals surface area contributed by atoms with Crippen molar-refractivity contribution in [1.29, 1.82) is 0 Å². The minimum atomic E-state index is -0.320. The molecule has 2 aromatic heterocycles. The average molecular weight is 493 g/mol. The third-order valence-electron chi connectivity index (χ3n) is 6.32. The quantitative estimate of drug-likeness (QED) is 0.494. The van der Waals surface area contributed by atoms with E-state index in [-0.39, 0.29) is 17.3 Å². The maximum Gasteiger partial charge on any atom is 0.335 e. The van der Waals surface area contributed by atoms with Crippen LogP contribution in [0.15, 0.2) is 70.6 Å². The van der Waals surface area contributed by atoms with Crippen molar-refractivity contribution in [3.8, 4) is 5.13 Å². The molecule has 9 heteroatoms. The SMILES string of the molecule is C=C/C=C(\C(=C/C)NC(=O)c1csc(-n2c(=O)n(C)c3ccccc32)n1)N1CCN[C@@H](C(C)C)C1. The van der Waals surface area contributed by atoms with Gasteiger partial charge in [0.05, 0.1) is 22.4 Å². The second-order valence-electron chi connectivity index (χ2n) is 8.88. The number of hydrogen-bond acceptors (Lipinski definition) is 6. The fourth-order valence-electron chi connectivity index (χ4n) is 4.34. The zero-order valence-electron chi connectivity index (χ0n) is 20.6. The number of nitrogens with zero attached hydrogens (tertiary/aromatic N) is 4. The molecule has 2 N–H and O–H groups in total. The Balaban J connectivity index is 1.58. The van der Waals surface area contributed by atoms with E-state index in [1.165, 1.54) is 11.3 Å². The van der Waals surface area contributed by atoms with Crippen molar-refractivity contribution in [2.24, 2.45) is 13.0 Å². The first kappa shape index (κ1) is 24.7. The summed E-state index contributed by atoms with van der Waals surface area (Å²) in [6, 6.07) is 7.90. The zero-order valence-corrected chi connectivity index (χ0v) is 21.4. The number of nitrogens with one attached hydrogen (secondary N) is 2. The van der Waals surface area contributed by atoms with Crippen LogP contribution in [0, 0.1) is 5.92 Å². The van der Waals surface area contributed by atoms with Crippen LogP contribution in [0.1, 0.15) is 31.3 Å². The number of rotatable bonds is 7. The summed E-state index contributed by atoms with van der Waals surface area (Å²) < 4.78 is 3.13. The number of thiazole rings is 1. The molecule has 1 amide bonds. The molecular weight excluding hydrogens is 460 g/mol. The van der Waals surface area contributed by atoms with E-state index in [9.17, 15) is 9.59 Å². The maximum atomic E-state index is 13.2. The van der Waals surface area contributed by atoms with Gasteiger partial charge in [-0.2, -0.15) is 0 Å². The zero-order chi connectivity index (χ0) is 25.1. The van der Waals surface area contributed by atoms with E-state index in [1.807, 2.05) is 43.3 Å². The largest absolute Gasteiger partial charge is 0.367 e. The third-order valence-corrected chi connectivity index (χ3v) is 7.14. The van der Waals surface area contributed by atoms with Crippen LogP contribution in [-0.2, 0) is 7.05 Å². The minimum Gasteiger partial charge on any atom is -0.367 e. The molecule has 1 fully saturated rings. The van der Waals surface area contributed by atoms with Crippen molar-refractivity contribution >= 4 is 28.3 Å². The van der Waals surface area contributed by atoms with Gasteiger partial charge in [0, 0.05) is 38.1 Å². The molecule has 1 atom stereocenters. The first-order chi connectivity index (χ1) is 16.8. The molecule has 35 heavy (non-hydrogen) atoms. The van der Waals surface area contributed by atoms with E-state index in [4.69, 9.17) is 0 Å². The number of carbonyl (C=O) groups excluding carboxylic acids is 1. The number of fused-ring (bicyclic) bond motifs is 1. The van der Waals surface area contributed by atoms with Crippen LogP contribution in [0.2, 0.25) is 0 Å².